The second-order valence-electron chi connectivity index (χ2n) is 4.64. The largest absolute Gasteiger partial charge is 0.456 e. The summed E-state index contributed by atoms with van der Waals surface area (Å²) in [7, 11) is 0. The molecule has 2 aromatic rings. The Bertz CT molecular complexity index is 655. The normalized spacial score (nSPS) is 10.6. The molecule has 1 heterocycles. The number of hydrogen-bond acceptors (Lipinski definition) is 3. The van der Waals surface area contributed by atoms with E-state index in [1.165, 1.54) is 12.1 Å². The Balaban J connectivity index is 2.10. The highest BCUT2D eigenvalue weighted by Crippen LogP contribution is 2.19. The Morgan fingerprint density at radius 1 is 1.48 bits per heavy atom. The molecule has 0 aliphatic heterocycles. The quantitative estimate of drug-likeness (QED) is 0.858. The summed E-state index contributed by atoms with van der Waals surface area (Å²) in [5, 5.41) is 0.00199. The summed E-state index contributed by atoms with van der Waals surface area (Å²) in [6.07, 6.45) is 2.54. The highest BCUT2D eigenvalue weighted by atomic mass is 35.5. The lowest BCUT2D eigenvalue weighted by atomic mass is 10.2. The third-order valence-electron chi connectivity index (χ3n) is 2.98. The smallest absolute Gasteiger partial charge is 0.355 e. The van der Waals surface area contributed by atoms with Gasteiger partial charge < -0.3 is 15.0 Å². The average Bonchev–Trinajstić information content (AvgIpc) is 2.81. The van der Waals surface area contributed by atoms with Crippen molar-refractivity contribution in [2.45, 2.75) is 26.5 Å². The first-order valence-corrected chi connectivity index (χ1v) is 6.96. The molecule has 21 heavy (non-hydrogen) atoms. The third kappa shape index (κ3) is 3.55. The number of aryl methyl sites for hydroxylation is 1. The third-order valence-corrected chi connectivity index (χ3v) is 3.27. The van der Waals surface area contributed by atoms with E-state index >= 15 is 0 Å². The number of carbonyl (C=O) groups excluding carboxylic acids is 1. The molecule has 6 heteroatoms. The summed E-state index contributed by atoms with van der Waals surface area (Å²) >= 11 is 5.68. The zero-order valence-corrected chi connectivity index (χ0v) is 12.4. The standard InChI is InChI=1S/C15H16ClFN2O2/c1-2-6-19-8-11(18)7-13(19)15(20)21-9-10-4-3-5-12(16)14(10)17/h3-5,7-8H,2,6,9,18H2,1H3. The number of benzene rings is 1. The van der Waals surface area contributed by atoms with E-state index in [0.717, 1.165) is 6.42 Å². The van der Waals surface area contributed by atoms with Crippen molar-refractivity contribution in [1.29, 1.82) is 0 Å². The number of ether oxygens (including phenoxy) is 1. The predicted molar refractivity (Wildman–Crippen MR) is 79.7 cm³/mol. The predicted octanol–water partition coefficient (Wildman–Crippen LogP) is 3.63. The maximum atomic E-state index is 13.7. The molecule has 2 rings (SSSR count). The van der Waals surface area contributed by atoms with E-state index in [1.807, 2.05) is 6.92 Å². The van der Waals surface area contributed by atoms with E-state index in [-0.39, 0.29) is 17.2 Å². The van der Waals surface area contributed by atoms with E-state index in [0.29, 0.717) is 17.9 Å². The van der Waals surface area contributed by atoms with Crippen molar-refractivity contribution in [3.05, 3.63) is 52.6 Å². The van der Waals surface area contributed by atoms with Gasteiger partial charge in [0.05, 0.1) is 10.7 Å². The zero-order chi connectivity index (χ0) is 15.4. The monoisotopic (exact) mass is 310 g/mol. The molecular formula is C15H16ClFN2O2. The lowest BCUT2D eigenvalue weighted by Crippen LogP contribution is -2.12. The summed E-state index contributed by atoms with van der Waals surface area (Å²) in [6.45, 7) is 2.47. The number of hydrogen-bond donors (Lipinski definition) is 1. The van der Waals surface area contributed by atoms with E-state index in [1.54, 1.807) is 22.9 Å². The van der Waals surface area contributed by atoms with Crippen LogP contribution in [0, 0.1) is 5.82 Å². The SMILES string of the molecule is CCCn1cc(N)cc1C(=O)OCc1cccc(Cl)c1F. The van der Waals surface area contributed by atoms with Crippen molar-refractivity contribution in [3.8, 4) is 0 Å². The highest BCUT2D eigenvalue weighted by Gasteiger charge is 2.15. The van der Waals surface area contributed by atoms with Crippen LogP contribution in [0.15, 0.2) is 30.5 Å². The van der Waals surface area contributed by atoms with Gasteiger partial charge in [-0.15, -0.1) is 0 Å². The molecule has 0 saturated carbocycles. The van der Waals surface area contributed by atoms with Gasteiger partial charge in [-0.05, 0) is 18.6 Å². The fourth-order valence-electron chi connectivity index (χ4n) is 2.01. The van der Waals surface area contributed by atoms with Crippen LogP contribution < -0.4 is 5.73 Å². The molecule has 0 radical (unpaired) electrons. The maximum Gasteiger partial charge on any atom is 0.355 e. The van der Waals surface area contributed by atoms with Crippen LogP contribution in [0.25, 0.3) is 0 Å². The van der Waals surface area contributed by atoms with Crippen molar-refractivity contribution >= 4 is 23.3 Å². The summed E-state index contributed by atoms with van der Waals surface area (Å²) in [6, 6.07) is 6.11. The van der Waals surface area contributed by atoms with Gasteiger partial charge in [-0.2, -0.15) is 0 Å². The fraction of sp³-hybridized carbons (Fsp3) is 0.267. The summed E-state index contributed by atoms with van der Waals surface area (Å²) in [5.41, 5.74) is 6.77. The second kappa shape index (κ2) is 6.63. The number of aromatic nitrogens is 1. The number of nitrogens with zero attached hydrogens (tertiary/aromatic N) is 1. The molecule has 1 aromatic carbocycles. The van der Waals surface area contributed by atoms with E-state index in [4.69, 9.17) is 22.1 Å². The van der Waals surface area contributed by atoms with Crippen LogP contribution in [0.2, 0.25) is 5.02 Å². The Morgan fingerprint density at radius 3 is 2.95 bits per heavy atom. The fourth-order valence-corrected chi connectivity index (χ4v) is 2.20. The van der Waals surface area contributed by atoms with E-state index in [2.05, 4.69) is 0 Å². The number of rotatable bonds is 5. The summed E-state index contributed by atoms with van der Waals surface area (Å²) in [4.78, 5) is 12.1. The lowest BCUT2D eigenvalue weighted by Gasteiger charge is -2.09. The summed E-state index contributed by atoms with van der Waals surface area (Å²) in [5.74, 6) is -1.12. The van der Waals surface area contributed by atoms with Crippen LogP contribution >= 0.6 is 11.6 Å². The first-order valence-electron chi connectivity index (χ1n) is 6.58. The first-order chi connectivity index (χ1) is 10.0. The van der Waals surface area contributed by atoms with Gasteiger partial charge in [0.1, 0.15) is 18.1 Å². The maximum absolute atomic E-state index is 13.7. The number of anilines is 1. The number of nitrogen functional groups attached to an aromatic ring is 1. The van der Waals surface area contributed by atoms with E-state index in [9.17, 15) is 9.18 Å². The molecule has 0 unspecified atom stereocenters. The Kier molecular flexibility index (Phi) is 4.85. The topological polar surface area (TPSA) is 57.2 Å². The van der Waals surface area contributed by atoms with Gasteiger partial charge in [0.15, 0.2) is 0 Å². The number of halogens is 2. The lowest BCUT2D eigenvalue weighted by molar-refractivity contribution is 0.0456. The Hall–Kier alpha value is -2.01. The Labute approximate surface area is 127 Å². The molecule has 112 valence electrons. The molecule has 0 atom stereocenters. The minimum atomic E-state index is -0.574. The van der Waals surface area contributed by atoms with E-state index < -0.39 is 11.8 Å². The highest BCUT2D eigenvalue weighted by molar-refractivity contribution is 6.30. The van der Waals surface area contributed by atoms with Crippen LogP contribution in [-0.2, 0) is 17.9 Å². The van der Waals surface area contributed by atoms with Crippen molar-refractivity contribution in [1.82, 2.24) is 4.57 Å². The van der Waals surface area contributed by atoms with Crippen LogP contribution in [0.5, 0.6) is 0 Å². The van der Waals surface area contributed by atoms with Gasteiger partial charge in [0.2, 0.25) is 0 Å². The van der Waals surface area contributed by atoms with Gasteiger partial charge in [0, 0.05) is 18.3 Å². The molecule has 2 N–H and O–H groups in total. The molecule has 1 aromatic heterocycles. The minimum absolute atomic E-state index is 0.00199. The van der Waals surface area contributed by atoms with Crippen LogP contribution in [-0.4, -0.2) is 10.5 Å². The summed E-state index contributed by atoms with van der Waals surface area (Å²) < 4.78 is 20.6. The van der Waals surface area contributed by atoms with Crippen molar-refractivity contribution in [2.75, 3.05) is 5.73 Å². The second-order valence-corrected chi connectivity index (χ2v) is 5.05. The molecule has 0 amide bonds. The molecule has 0 saturated heterocycles. The Morgan fingerprint density at radius 2 is 2.24 bits per heavy atom. The van der Waals surface area contributed by atoms with Crippen molar-refractivity contribution in [2.24, 2.45) is 0 Å². The molecular weight excluding hydrogens is 295 g/mol. The molecule has 4 nitrogen and oxygen atoms in total. The molecule has 0 aliphatic carbocycles. The van der Waals surface area contributed by atoms with Gasteiger partial charge >= 0.3 is 5.97 Å². The van der Waals surface area contributed by atoms with Crippen molar-refractivity contribution < 1.29 is 13.9 Å². The zero-order valence-electron chi connectivity index (χ0n) is 11.6. The molecule has 0 bridgehead atoms. The van der Waals surface area contributed by atoms with Gasteiger partial charge in [-0.25, -0.2) is 9.18 Å². The van der Waals surface area contributed by atoms with Crippen LogP contribution in [0.1, 0.15) is 29.4 Å². The molecule has 0 aliphatic rings. The minimum Gasteiger partial charge on any atom is -0.456 e. The van der Waals surface area contributed by atoms with Crippen LogP contribution in [0.3, 0.4) is 0 Å². The van der Waals surface area contributed by atoms with Gasteiger partial charge in [0.25, 0.3) is 0 Å². The number of carbonyl (C=O) groups is 1. The molecule has 0 fully saturated rings. The van der Waals surface area contributed by atoms with Gasteiger partial charge in [-0.3, -0.25) is 0 Å². The number of nitrogens with two attached hydrogens (primary N) is 1. The van der Waals surface area contributed by atoms with Crippen molar-refractivity contribution in [3.63, 3.8) is 0 Å². The van der Waals surface area contributed by atoms with Crippen LogP contribution in [0.4, 0.5) is 10.1 Å². The molecule has 0 spiro atoms. The van der Waals surface area contributed by atoms with Gasteiger partial charge in [-0.1, -0.05) is 30.7 Å². The average molecular weight is 311 g/mol. The first kappa shape index (κ1) is 15.4. The number of esters is 1.